The first kappa shape index (κ1) is 20.2. The maximum absolute atomic E-state index is 12.9. The van der Waals surface area contributed by atoms with Gasteiger partial charge in [0.1, 0.15) is 16.9 Å². The van der Waals surface area contributed by atoms with Gasteiger partial charge in [0.15, 0.2) is 11.5 Å². The number of thiophene rings is 1. The molecule has 0 saturated carbocycles. The Morgan fingerprint density at radius 2 is 2.03 bits per heavy atom. The van der Waals surface area contributed by atoms with E-state index < -0.39 is 10.0 Å². The predicted octanol–water partition coefficient (Wildman–Crippen LogP) is 2.41. The molecule has 0 aliphatic carbocycles. The van der Waals surface area contributed by atoms with Crippen molar-refractivity contribution in [2.75, 3.05) is 26.2 Å². The second kappa shape index (κ2) is 8.33. The summed E-state index contributed by atoms with van der Waals surface area (Å²) in [4.78, 5) is 13.6. The number of ether oxygens (including phenoxy) is 2. The normalized spacial score (nSPS) is 22.2. The fraction of sp³-hybridized carbons (Fsp3) is 0.450. The molecule has 9 heteroatoms. The highest BCUT2D eigenvalue weighted by molar-refractivity contribution is 7.91. The van der Waals surface area contributed by atoms with Gasteiger partial charge in [-0.15, -0.1) is 11.3 Å². The van der Waals surface area contributed by atoms with Gasteiger partial charge in [-0.3, -0.25) is 4.79 Å². The van der Waals surface area contributed by atoms with Crippen LogP contribution in [0.15, 0.2) is 40.6 Å². The van der Waals surface area contributed by atoms with Crippen molar-refractivity contribution in [1.82, 2.24) is 9.62 Å². The SMILES string of the molecule is Cc1ccc(S(=O)(=O)N2CCC[C@H](C(=O)NC[C@@H]3COc4ccccc4O3)C2)s1. The van der Waals surface area contributed by atoms with E-state index in [0.717, 1.165) is 4.88 Å². The van der Waals surface area contributed by atoms with E-state index in [-0.39, 0.29) is 24.5 Å². The lowest BCUT2D eigenvalue weighted by atomic mass is 9.99. The molecule has 2 atom stereocenters. The maximum Gasteiger partial charge on any atom is 0.252 e. The second-order valence-corrected chi connectivity index (χ2v) is 10.8. The molecule has 0 radical (unpaired) electrons. The maximum atomic E-state index is 12.9. The molecule has 29 heavy (non-hydrogen) atoms. The molecule has 1 aromatic carbocycles. The lowest BCUT2D eigenvalue weighted by molar-refractivity contribution is -0.126. The van der Waals surface area contributed by atoms with Crippen LogP contribution in [0, 0.1) is 12.8 Å². The molecular formula is C20H24N2O5S2. The number of carbonyl (C=O) groups is 1. The van der Waals surface area contributed by atoms with E-state index in [4.69, 9.17) is 9.47 Å². The molecule has 1 N–H and O–H groups in total. The first-order chi connectivity index (χ1) is 13.9. The number of amides is 1. The number of nitrogens with zero attached hydrogens (tertiary/aromatic N) is 1. The highest BCUT2D eigenvalue weighted by Gasteiger charge is 2.34. The Balaban J connectivity index is 1.33. The number of rotatable bonds is 5. The van der Waals surface area contributed by atoms with Gasteiger partial charge >= 0.3 is 0 Å². The van der Waals surface area contributed by atoms with Crippen molar-refractivity contribution in [3.05, 3.63) is 41.3 Å². The molecular weight excluding hydrogens is 412 g/mol. The minimum atomic E-state index is -3.55. The summed E-state index contributed by atoms with van der Waals surface area (Å²) in [7, 11) is -3.55. The third-order valence-electron chi connectivity index (χ3n) is 5.14. The predicted molar refractivity (Wildman–Crippen MR) is 110 cm³/mol. The fourth-order valence-electron chi connectivity index (χ4n) is 3.58. The molecule has 1 saturated heterocycles. The van der Waals surface area contributed by atoms with Crippen LogP contribution in [0.5, 0.6) is 11.5 Å². The van der Waals surface area contributed by atoms with Crippen molar-refractivity contribution in [3.63, 3.8) is 0 Å². The van der Waals surface area contributed by atoms with Crippen LogP contribution < -0.4 is 14.8 Å². The van der Waals surface area contributed by atoms with Gasteiger partial charge in [0.05, 0.1) is 12.5 Å². The molecule has 0 bridgehead atoms. The minimum Gasteiger partial charge on any atom is -0.486 e. The largest absolute Gasteiger partial charge is 0.486 e. The number of nitrogens with one attached hydrogen (secondary N) is 1. The zero-order chi connectivity index (χ0) is 20.4. The van der Waals surface area contributed by atoms with E-state index in [9.17, 15) is 13.2 Å². The average Bonchev–Trinajstić information content (AvgIpc) is 3.19. The van der Waals surface area contributed by atoms with Gasteiger partial charge in [-0.1, -0.05) is 12.1 Å². The van der Waals surface area contributed by atoms with Crippen molar-refractivity contribution in [2.24, 2.45) is 5.92 Å². The van der Waals surface area contributed by atoms with Crippen molar-refractivity contribution < 1.29 is 22.7 Å². The van der Waals surface area contributed by atoms with E-state index in [1.54, 1.807) is 12.1 Å². The van der Waals surface area contributed by atoms with Crippen LogP contribution in [-0.4, -0.2) is 51.0 Å². The summed E-state index contributed by atoms with van der Waals surface area (Å²) in [5.41, 5.74) is 0. The monoisotopic (exact) mass is 436 g/mol. The molecule has 3 heterocycles. The van der Waals surface area contributed by atoms with Gasteiger partial charge in [-0.2, -0.15) is 4.31 Å². The number of benzene rings is 1. The number of hydrogen-bond donors (Lipinski definition) is 1. The molecule has 2 aliphatic heterocycles. The Labute approximate surface area is 174 Å². The van der Waals surface area contributed by atoms with E-state index >= 15 is 0 Å². The zero-order valence-electron chi connectivity index (χ0n) is 16.2. The first-order valence-electron chi connectivity index (χ1n) is 9.66. The summed E-state index contributed by atoms with van der Waals surface area (Å²) >= 11 is 1.26. The van der Waals surface area contributed by atoms with Gasteiger partial charge in [0.25, 0.3) is 10.0 Å². The van der Waals surface area contributed by atoms with Crippen molar-refractivity contribution in [1.29, 1.82) is 0 Å². The highest BCUT2D eigenvalue weighted by atomic mass is 32.2. The molecule has 1 amide bonds. The van der Waals surface area contributed by atoms with E-state index in [0.29, 0.717) is 48.2 Å². The molecule has 1 aromatic heterocycles. The van der Waals surface area contributed by atoms with E-state index in [1.165, 1.54) is 15.6 Å². The zero-order valence-corrected chi connectivity index (χ0v) is 17.8. The molecule has 1 fully saturated rings. The van der Waals surface area contributed by atoms with Crippen molar-refractivity contribution >= 4 is 27.3 Å². The Bertz CT molecular complexity index is 988. The van der Waals surface area contributed by atoms with Gasteiger partial charge in [-0.05, 0) is 44.0 Å². The van der Waals surface area contributed by atoms with Crippen LogP contribution >= 0.6 is 11.3 Å². The number of para-hydroxylation sites is 2. The third kappa shape index (κ3) is 4.41. The highest BCUT2D eigenvalue weighted by Crippen LogP contribution is 2.31. The summed E-state index contributed by atoms with van der Waals surface area (Å²) in [5.74, 6) is 0.859. The topological polar surface area (TPSA) is 84.9 Å². The Morgan fingerprint density at radius 3 is 2.79 bits per heavy atom. The van der Waals surface area contributed by atoms with Crippen LogP contribution in [-0.2, 0) is 14.8 Å². The summed E-state index contributed by atoms with van der Waals surface area (Å²) < 4.78 is 39.0. The van der Waals surface area contributed by atoms with Crippen LogP contribution in [0.1, 0.15) is 17.7 Å². The number of sulfonamides is 1. The first-order valence-corrected chi connectivity index (χ1v) is 11.9. The summed E-state index contributed by atoms with van der Waals surface area (Å²) in [5, 5.41) is 2.91. The van der Waals surface area contributed by atoms with Gasteiger partial charge in [-0.25, -0.2) is 8.42 Å². The molecule has 4 rings (SSSR count). The van der Waals surface area contributed by atoms with Gasteiger partial charge < -0.3 is 14.8 Å². The number of hydrogen-bond acceptors (Lipinski definition) is 6. The molecule has 2 aliphatic rings. The van der Waals surface area contributed by atoms with E-state index in [1.807, 2.05) is 31.2 Å². The van der Waals surface area contributed by atoms with Crippen molar-refractivity contribution in [3.8, 4) is 11.5 Å². The molecule has 156 valence electrons. The Morgan fingerprint density at radius 1 is 1.24 bits per heavy atom. The second-order valence-electron chi connectivity index (χ2n) is 7.31. The van der Waals surface area contributed by atoms with Crippen LogP contribution in [0.2, 0.25) is 0 Å². The van der Waals surface area contributed by atoms with Crippen LogP contribution in [0.3, 0.4) is 0 Å². The standard InChI is InChI=1S/C20H24N2O5S2/c1-14-8-9-19(28-14)29(24,25)22-10-4-5-15(12-22)20(23)21-11-16-13-26-17-6-2-3-7-18(17)27-16/h2-3,6-9,15-16H,4-5,10-13H2,1H3,(H,21,23)/t15-,16+/m0/s1. The van der Waals surface area contributed by atoms with Crippen molar-refractivity contribution in [2.45, 2.75) is 30.1 Å². The van der Waals surface area contributed by atoms with Crippen LogP contribution in [0.4, 0.5) is 0 Å². The Kier molecular flexibility index (Phi) is 5.80. The van der Waals surface area contributed by atoms with E-state index in [2.05, 4.69) is 5.32 Å². The number of piperidine rings is 1. The summed E-state index contributed by atoms with van der Waals surface area (Å²) in [6.45, 7) is 3.21. The fourth-order valence-corrected chi connectivity index (χ4v) is 6.54. The third-order valence-corrected chi connectivity index (χ3v) is 8.47. The molecule has 7 nitrogen and oxygen atoms in total. The molecule has 2 aromatic rings. The number of aryl methyl sites for hydroxylation is 1. The smallest absolute Gasteiger partial charge is 0.252 e. The lowest BCUT2D eigenvalue weighted by Crippen LogP contribution is -2.48. The average molecular weight is 437 g/mol. The van der Waals surface area contributed by atoms with Gasteiger partial charge in [0.2, 0.25) is 5.91 Å². The van der Waals surface area contributed by atoms with Crippen LogP contribution in [0.25, 0.3) is 0 Å². The minimum absolute atomic E-state index is 0.144. The summed E-state index contributed by atoms with van der Waals surface area (Å²) in [6.07, 6.45) is 1.07. The molecule has 0 unspecified atom stereocenters. The molecule has 0 spiro atoms. The quantitative estimate of drug-likeness (QED) is 0.778. The lowest BCUT2D eigenvalue weighted by Gasteiger charge is -2.31. The van der Waals surface area contributed by atoms with Gasteiger partial charge in [0, 0.05) is 18.0 Å². The Hall–Kier alpha value is -2.10. The number of fused-ring (bicyclic) bond motifs is 1. The summed E-state index contributed by atoms with van der Waals surface area (Å²) in [6, 6.07) is 10.9. The number of carbonyl (C=O) groups excluding carboxylic acids is 1.